The van der Waals surface area contributed by atoms with Gasteiger partial charge in [-0.1, -0.05) is 0 Å². The summed E-state index contributed by atoms with van der Waals surface area (Å²) < 4.78 is 1.48. The monoisotopic (exact) mass is 342 g/mol. The van der Waals surface area contributed by atoms with Gasteiger partial charge in [0.05, 0.1) is 6.54 Å². The van der Waals surface area contributed by atoms with Crippen molar-refractivity contribution in [1.82, 2.24) is 20.1 Å². The summed E-state index contributed by atoms with van der Waals surface area (Å²) in [6, 6.07) is 6.56. The summed E-state index contributed by atoms with van der Waals surface area (Å²) >= 11 is 0. The van der Waals surface area contributed by atoms with Gasteiger partial charge in [-0.05, 0) is 56.5 Å². The Morgan fingerprint density at radius 2 is 1.88 bits per heavy atom. The van der Waals surface area contributed by atoms with E-state index in [1.54, 1.807) is 31.2 Å². The molecule has 0 aliphatic heterocycles. The topological polar surface area (TPSA) is 101 Å². The third kappa shape index (κ3) is 5.12. The Balaban J connectivity index is 1.46. The van der Waals surface area contributed by atoms with Crippen LogP contribution in [0, 0.1) is 5.92 Å². The molecule has 1 unspecified atom stereocenters. The van der Waals surface area contributed by atoms with Gasteiger partial charge in [0.25, 0.3) is 0 Å². The van der Waals surface area contributed by atoms with Crippen molar-refractivity contribution < 1.29 is 9.59 Å². The van der Waals surface area contributed by atoms with Crippen LogP contribution in [0.5, 0.6) is 0 Å². The Morgan fingerprint density at radius 3 is 2.48 bits per heavy atom. The lowest BCUT2D eigenvalue weighted by molar-refractivity contribution is -0.119. The zero-order valence-electron chi connectivity index (χ0n) is 14.1. The summed E-state index contributed by atoms with van der Waals surface area (Å²) in [7, 11) is 0. The smallest absolute Gasteiger partial charge is 0.249 e. The van der Waals surface area contributed by atoms with Crippen molar-refractivity contribution in [2.24, 2.45) is 5.92 Å². The Kier molecular flexibility index (Phi) is 5.39. The highest BCUT2D eigenvalue weighted by Crippen LogP contribution is 2.27. The zero-order chi connectivity index (χ0) is 17.6. The second-order valence-corrected chi connectivity index (χ2v) is 6.24. The fourth-order valence-electron chi connectivity index (χ4n) is 2.34. The highest BCUT2D eigenvalue weighted by molar-refractivity contribution is 5.95. The van der Waals surface area contributed by atoms with Gasteiger partial charge in [-0.2, -0.15) is 5.10 Å². The molecule has 2 amide bonds. The molecule has 1 aromatic carbocycles. The predicted molar refractivity (Wildman–Crippen MR) is 94.0 cm³/mol. The van der Waals surface area contributed by atoms with E-state index in [2.05, 4.69) is 26.0 Å². The number of hydrogen-bond donors (Lipinski definition) is 3. The van der Waals surface area contributed by atoms with E-state index in [-0.39, 0.29) is 11.8 Å². The van der Waals surface area contributed by atoms with Crippen molar-refractivity contribution in [2.75, 3.05) is 23.7 Å². The van der Waals surface area contributed by atoms with Crippen molar-refractivity contribution >= 4 is 23.2 Å². The Bertz CT molecular complexity index is 709. The van der Waals surface area contributed by atoms with Gasteiger partial charge in [-0.15, -0.1) is 0 Å². The lowest BCUT2D eigenvalue weighted by Crippen LogP contribution is -2.29. The minimum Gasteiger partial charge on any atom is -0.325 e. The van der Waals surface area contributed by atoms with Gasteiger partial charge >= 0.3 is 0 Å². The van der Waals surface area contributed by atoms with Gasteiger partial charge in [-0.25, -0.2) is 9.67 Å². The first-order chi connectivity index (χ1) is 12.1. The lowest BCUT2D eigenvalue weighted by Gasteiger charge is -2.12. The Labute approximate surface area is 146 Å². The summed E-state index contributed by atoms with van der Waals surface area (Å²) in [5, 5.41) is 12.7. The van der Waals surface area contributed by atoms with Crippen molar-refractivity contribution in [1.29, 1.82) is 0 Å². The van der Waals surface area contributed by atoms with Crippen LogP contribution in [0.15, 0.2) is 36.9 Å². The molecule has 1 fully saturated rings. The van der Waals surface area contributed by atoms with E-state index < -0.39 is 6.04 Å². The number of rotatable bonds is 8. The minimum atomic E-state index is -0.459. The van der Waals surface area contributed by atoms with E-state index in [1.165, 1.54) is 30.2 Å². The molecule has 25 heavy (non-hydrogen) atoms. The summed E-state index contributed by atoms with van der Waals surface area (Å²) in [4.78, 5) is 27.8. The fourth-order valence-corrected chi connectivity index (χ4v) is 2.34. The molecule has 1 aliphatic rings. The number of anilines is 2. The fraction of sp³-hybridized carbons (Fsp3) is 0.412. The van der Waals surface area contributed by atoms with Crippen LogP contribution in [0.2, 0.25) is 0 Å². The molecule has 3 N–H and O–H groups in total. The average molecular weight is 342 g/mol. The lowest BCUT2D eigenvalue weighted by atomic mass is 10.2. The third-order valence-corrected chi connectivity index (χ3v) is 4.06. The van der Waals surface area contributed by atoms with Crippen LogP contribution in [0.25, 0.3) is 0 Å². The Hall–Kier alpha value is -2.74. The van der Waals surface area contributed by atoms with Gasteiger partial charge in [0, 0.05) is 11.4 Å². The second-order valence-electron chi connectivity index (χ2n) is 6.24. The largest absolute Gasteiger partial charge is 0.325 e. The number of carbonyl (C=O) groups is 2. The molecule has 132 valence electrons. The molecule has 1 atom stereocenters. The van der Waals surface area contributed by atoms with Gasteiger partial charge in [0.15, 0.2) is 0 Å². The first-order valence-corrected chi connectivity index (χ1v) is 8.37. The van der Waals surface area contributed by atoms with Crippen molar-refractivity contribution in [3.8, 4) is 0 Å². The van der Waals surface area contributed by atoms with Crippen LogP contribution in [0.4, 0.5) is 11.4 Å². The van der Waals surface area contributed by atoms with Gasteiger partial charge in [-0.3, -0.25) is 9.59 Å². The summed E-state index contributed by atoms with van der Waals surface area (Å²) in [6.45, 7) is 2.96. The Morgan fingerprint density at radius 1 is 1.20 bits per heavy atom. The standard InChI is InChI=1S/C17H22N6O2/c1-12(23-11-19-10-20-23)17(25)22-15-6-4-14(5-7-15)21-16(24)9-18-8-13-2-3-13/h4-7,10-13,18H,2-3,8-9H2,1H3,(H,21,24)(H,22,25). The second kappa shape index (κ2) is 7.89. The minimum absolute atomic E-state index is 0.0720. The molecule has 8 nitrogen and oxygen atoms in total. The summed E-state index contributed by atoms with van der Waals surface area (Å²) in [5.41, 5.74) is 1.35. The number of carbonyl (C=O) groups excluding carboxylic acids is 2. The van der Waals surface area contributed by atoms with Crippen LogP contribution in [0.3, 0.4) is 0 Å². The summed E-state index contributed by atoms with van der Waals surface area (Å²) in [6.07, 6.45) is 5.41. The molecule has 1 aliphatic carbocycles. The predicted octanol–water partition coefficient (Wildman–Crippen LogP) is 1.42. The highest BCUT2D eigenvalue weighted by atomic mass is 16.2. The van der Waals surface area contributed by atoms with Gasteiger partial charge < -0.3 is 16.0 Å². The quantitative estimate of drug-likeness (QED) is 0.673. The van der Waals surface area contributed by atoms with E-state index in [0.29, 0.717) is 17.9 Å². The molecule has 0 radical (unpaired) electrons. The van der Waals surface area contributed by atoms with Gasteiger partial charge in [0.2, 0.25) is 11.8 Å². The molecule has 1 saturated carbocycles. The first kappa shape index (κ1) is 17.1. The number of amides is 2. The maximum absolute atomic E-state index is 12.2. The molecule has 8 heteroatoms. The first-order valence-electron chi connectivity index (χ1n) is 8.37. The normalized spacial score (nSPS) is 14.8. The maximum Gasteiger partial charge on any atom is 0.249 e. The molecule has 0 bridgehead atoms. The van der Waals surface area contributed by atoms with Gasteiger partial charge in [0.1, 0.15) is 18.7 Å². The zero-order valence-corrected chi connectivity index (χ0v) is 14.1. The number of nitrogens with one attached hydrogen (secondary N) is 3. The molecule has 0 spiro atoms. The maximum atomic E-state index is 12.2. The molecular weight excluding hydrogens is 320 g/mol. The van der Waals surface area contributed by atoms with E-state index in [0.717, 1.165) is 12.5 Å². The van der Waals surface area contributed by atoms with Crippen molar-refractivity contribution in [3.63, 3.8) is 0 Å². The van der Waals surface area contributed by atoms with Crippen molar-refractivity contribution in [2.45, 2.75) is 25.8 Å². The van der Waals surface area contributed by atoms with Crippen LogP contribution in [0.1, 0.15) is 25.8 Å². The van der Waals surface area contributed by atoms with E-state index in [1.807, 2.05) is 0 Å². The molecule has 1 aromatic heterocycles. The van der Waals surface area contributed by atoms with E-state index in [9.17, 15) is 9.59 Å². The molecule has 1 heterocycles. The number of nitrogens with zero attached hydrogens (tertiary/aromatic N) is 3. The highest BCUT2D eigenvalue weighted by Gasteiger charge is 2.20. The SMILES string of the molecule is CC(C(=O)Nc1ccc(NC(=O)CNCC2CC2)cc1)n1cncn1. The number of benzene rings is 1. The molecule has 2 aromatic rings. The van der Waals surface area contributed by atoms with Crippen molar-refractivity contribution in [3.05, 3.63) is 36.9 Å². The van der Waals surface area contributed by atoms with Crippen LogP contribution < -0.4 is 16.0 Å². The van der Waals surface area contributed by atoms with Crippen LogP contribution in [-0.2, 0) is 9.59 Å². The van der Waals surface area contributed by atoms with Crippen LogP contribution >= 0.6 is 0 Å². The number of hydrogen-bond acceptors (Lipinski definition) is 5. The van der Waals surface area contributed by atoms with E-state index in [4.69, 9.17) is 0 Å². The summed E-state index contributed by atoms with van der Waals surface area (Å²) in [5.74, 6) is 0.486. The van der Waals surface area contributed by atoms with E-state index >= 15 is 0 Å². The molecular formula is C17H22N6O2. The third-order valence-electron chi connectivity index (χ3n) is 4.06. The molecule has 0 saturated heterocycles. The number of aromatic nitrogens is 3. The average Bonchev–Trinajstić information content (AvgIpc) is 3.26. The molecule has 3 rings (SSSR count). The van der Waals surface area contributed by atoms with Crippen LogP contribution in [-0.4, -0.2) is 39.7 Å².